The molecule has 1 aromatic heterocycles. The third-order valence-corrected chi connectivity index (χ3v) is 7.65. The third kappa shape index (κ3) is 2.14. The van der Waals surface area contributed by atoms with Gasteiger partial charge in [-0.05, 0) is 61.5 Å². The first-order chi connectivity index (χ1) is 12.3. The zero-order chi connectivity index (χ0) is 18.3. The van der Waals surface area contributed by atoms with Gasteiger partial charge >= 0.3 is 7.12 Å². The molecule has 6 rings (SSSR count). The van der Waals surface area contributed by atoms with Crippen LogP contribution in [0.15, 0.2) is 28.9 Å². The molecule has 2 heterocycles. The van der Waals surface area contributed by atoms with Gasteiger partial charge in [0.1, 0.15) is 5.58 Å². The van der Waals surface area contributed by atoms with E-state index >= 15 is 0 Å². The molecule has 4 nitrogen and oxygen atoms in total. The first-order valence-corrected chi connectivity index (χ1v) is 9.85. The van der Waals surface area contributed by atoms with Crippen molar-refractivity contribution >= 4 is 18.1 Å². The molecule has 0 amide bonds. The highest BCUT2D eigenvalue weighted by molar-refractivity contribution is 6.47. The van der Waals surface area contributed by atoms with Gasteiger partial charge in [0, 0.05) is 11.3 Å². The molecule has 138 valence electrons. The highest BCUT2D eigenvalue weighted by Gasteiger charge is 2.68. The van der Waals surface area contributed by atoms with Crippen molar-refractivity contribution < 1.29 is 13.7 Å². The average Bonchev–Trinajstić information content (AvgIpc) is 3.16. The fourth-order valence-electron chi connectivity index (χ4n) is 5.85. The molecule has 1 saturated heterocycles. The van der Waals surface area contributed by atoms with Crippen LogP contribution in [0.5, 0.6) is 0 Å². The number of fused-ring (bicyclic) bond motifs is 1. The minimum absolute atomic E-state index is 0.179. The van der Waals surface area contributed by atoms with E-state index in [0.717, 1.165) is 34.4 Å². The monoisotopic (exact) mass is 353 g/mol. The van der Waals surface area contributed by atoms with Crippen LogP contribution in [0.1, 0.15) is 44.7 Å². The Morgan fingerprint density at radius 1 is 1.27 bits per heavy atom. The molecule has 1 aromatic carbocycles. The van der Waals surface area contributed by atoms with Crippen LogP contribution in [0.25, 0.3) is 11.0 Å². The fourth-order valence-corrected chi connectivity index (χ4v) is 5.85. The number of hydrogen-bond acceptors (Lipinski definition) is 4. The van der Waals surface area contributed by atoms with Gasteiger partial charge in [-0.1, -0.05) is 32.0 Å². The van der Waals surface area contributed by atoms with Crippen molar-refractivity contribution in [3.63, 3.8) is 0 Å². The summed E-state index contributed by atoms with van der Waals surface area (Å²) in [7, 11) is -0.338. The molecule has 4 fully saturated rings. The normalized spacial score (nSPS) is 36.0. The van der Waals surface area contributed by atoms with Crippen molar-refractivity contribution in [2.45, 2.75) is 64.6 Å². The Bertz CT molecular complexity index is 862. The van der Waals surface area contributed by atoms with Gasteiger partial charge in [0.25, 0.3) is 0 Å². The van der Waals surface area contributed by atoms with Gasteiger partial charge in [-0.3, -0.25) is 0 Å². The quantitative estimate of drug-likeness (QED) is 0.851. The number of rotatable bonds is 3. The lowest BCUT2D eigenvalue weighted by Gasteiger charge is -2.64. The van der Waals surface area contributed by atoms with Crippen LogP contribution in [0, 0.1) is 24.2 Å². The Kier molecular flexibility index (Phi) is 3.48. The Labute approximate surface area is 155 Å². The number of benzene rings is 1. The molecule has 1 aliphatic heterocycles. The summed E-state index contributed by atoms with van der Waals surface area (Å²) < 4.78 is 18.6. The Hall–Kier alpha value is -1.30. The van der Waals surface area contributed by atoms with Gasteiger partial charge in [-0.25, -0.2) is 0 Å². The minimum atomic E-state index is -0.338. The summed E-state index contributed by atoms with van der Waals surface area (Å²) in [6.45, 7) is 9.06. The van der Waals surface area contributed by atoms with E-state index in [1.54, 1.807) is 0 Å². The van der Waals surface area contributed by atoms with Crippen molar-refractivity contribution in [3.05, 3.63) is 35.6 Å². The molecule has 2 N–H and O–H groups in total. The van der Waals surface area contributed by atoms with Crippen molar-refractivity contribution in [2.24, 2.45) is 23.0 Å². The lowest BCUT2D eigenvalue weighted by Crippen LogP contribution is -2.65. The molecular weight excluding hydrogens is 325 g/mol. The molecule has 3 unspecified atom stereocenters. The number of para-hydroxylation sites is 1. The Morgan fingerprint density at radius 2 is 2.08 bits per heavy atom. The maximum absolute atomic E-state index is 6.55. The van der Waals surface area contributed by atoms with Crippen LogP contribution >= 0.6 is 0 Å². The molecule has 5 heteroatoms. The van der Waals surface area contributed by atoms with Crippen LogP contribution in [0.4, 0.5) is 0 Å². The lowest BCUT2D eigenvalue weighted by atomic mass is 9.43. The van der Waals surface area contributed by atoms with Crippen molar-refractivity contribution in [3.8, 4) is 0 Å². The zero-order valence-electron chi connectivity index (χ0n) is 16.1. The van der Waals surface area contributed by atoms with E-state index in [4.69, 9.17) is 19.5 Å². The van der Waals surface area contributed by atoms with Gasteiger partial charge in [0.05, 0.1) is 18.0 Å². The fraction of sp³-hybridized carbons (Fsp3) is 0.619. The van der Waals surface area contributed by atoms with Gasteiger partial charge < -0.3 is 19.5 Å². The van der Waals surface area contributed by atoms with Crippen molar-refractivity contribution in [2.75, 3.05) is 0 Å². The molecule has 4 aliphatic rings. The highest BCUT2D eigenvalue weighted by atomic mass is 16.7. The van der Waals surface area contributed by atoms with Crippen LogP contribution in [-0.4, -0.2) is 24.8 Å². The second-order valence-electron chi connectivity index (χ2n) is 9.42. The number of aryl methyl sites for hydroxylation is 1. The summed E-state index contributed by atoms with van der Waals surface area (Å²) in [6.07, 6.45) is 5.06. The summed E-state index contributed by atoms with van der Waals surface area (Å²) in [5.41, 5.74) is 9.93. The van der Waals surface area contributed by atoms with Crippen molar-refractivity contribution in [1.29, 1.82) is 0 Å². The maximum atomic E-state index is 6.55. The molecule has 5 atom stereocenters. The largest absolute Gasteiger partial charge is 0.475 e. The summed E-state index contributed by atoms with van der Waals surface area (Å²) >= 11 is 0. The first-order valence-electron chi connectivity index (χ1n) is 9.85. The highest BCUT2D eigenvalue weighted by Crippen LogP contribution is 2.65. The van der Waals surface area contributed by atoms with Crippen molar-refractivity contribution in [1.82, 2.24) is 0 Å². The lowest BCUT2D eigenvalue weighted by molar-refractivity contribution is -0.199. The van der Waals surface area contributed by atoms with E-state index in [1.807, 2.05) is 6.26 Å². The van der Waals surface area contributed by atoms with E-state index in [-0.39, 0.29) is 24.8 Å². The SMILES string of the molecule is Cc1cccc2c(CC(N)B3OC4CC5C[C@@H](C5(C)C)[C@]4(C)O3)coc12. The summed E-state index contributed by atoms with van der Waals surface area (Å²) in [4.78, 5) is 0. The smallest absolute Gasteiger partial charge is 0.464 e. The standard InChI is InChI=1S/C21H28BNO3/c1-12-6-5-7-15-13(11-24-19(12)15)8-18(23)22-25-17-10-14-9-16(20(14,2)3)21(17,4)26-22/h5-7,11,14,16-18H,8-10,23H2,1-4H3/t14?,16-,17?,18?,21-/m0/s1. The van der Waals surface area contributed by atoms with Crippen LogP contribution in [0.3, 0.4) is 0 Å². The average molecular weight is 353 g/mol. The molecule has 26 heavy (non-hydrogen) atoms. The van der Waals surface area contributed by atoms with Gasteiger partial charge in [0.2, 0.25) is 0 Å². The number of nitrogens with two attached hydrogens (primary N) is 1. The second-order valence-corrected chi connectivity index (χ2v) is 9.42. The third-order valence-electron chi connectivity index (χ3n) is 7.65. The summed E-state index contributed by atoms with van der Waals surface area (Å²) in [6, 6.07) is 6.23. The van der Waals surface area contributed by atoms with E-state index in [9.17, 15) is 0 Å². The molecule has 0 radical (unpaired) electrons. The maximum Gasteiger partial charge on any atom is 0.475 e. The molecule has 3 aliphatic carbocycles. The predicted octanol–water partition coefficient (Wildman–Crippen LogP) is 3.88. The minimum Gasteiger partial charge on any atom is -0.464 e. The molecule has 2 aromatic rings. The van der Waals surface area contributed by atoms with Crippen LogP contribution in [0.2, 0.25) is 0 Å². The summed E-state index contributed by atoms with van der Waals surface area (Å²) in [5.74, 6) is 1.12. The van der Waals surface area contributed by atoms with Crippen LogP contribution in [-0.2, 0) is 15.7 Å². The Morgan fingerprint density at radius 3 is 2.85 bits per heavy atom. The van der Waals surface area contributed by atoms with E-state index in [0.29, 0.717) is 17.8 Å². The van der Waals surface area contributed by atoms with E-state index in [1.165, 1.54) is 6.42 Å². The first kappa shape index (κ1) is 16.8. The van der Waals surface area contributed by atoms with Gasteiger partial charge in [0.15, 0.2) is 0 Å². The van der Waals surface area contributed by atoms with Gasteiger partial charge in [-0.15, -0.1) is 0 Å². The molecule has 2 bridgehead atoms. The molecule has 3 saturated carbocycles. The topological polar surface area (TPSA) is 57.6 Å². The van der Waals surface area contributed by atoms with E-state index < -0.39 is 0 Å². The zero-order valence-corrected chi connectivity index (χ0v) is 16.1. The molecular formula is C21H28BNO3. The van der Waals surface area contributed by atoms with Crippen LogP contribution < -0.4 is 5.73 Å². The number of hydrogen-bond donors (Lipinski definition) is 1. The summed E-state index contributed by atoms with van der Waals surface area (Å²) in [5, 5.41) is 1.14. The second kappa shape index (κ2) is 5.37. The van der Waals surface area contributed by atoms with Gasteiger partial charge in [-0.2, -0.15) is 0 Å². The predicted molar refractivity (Wildman–Crippen MR) is 103 cm³/mol. The number of furan rings is 1. The van der Waals surface area contributed by atoms with E-state index in [2.05, 4.69) is 45.9 Å². The Balaban J connectivity index is 1.36. The molecule has 0 spiro atoms.